The number of anilines is 1. The van der Waals surface area contributed by atoms with Crippen molar-refractivity contribution < 1.29 is 9.53 Å². The Labute approximate surface area is 205 Å². The van der Waals surface area contributed by atoms with E-state index in [9.17, 15) is 4.79 Å². The van der Waals surface area contributed by atoms with Crippen LogP contribution in [0, 0.1) is 0 Å². The van der Waals surface area contributed by atoms with Crippen molar-refractivity contribution in [2.24, 2.45) is 0 Å². The minimum atomic E-state index is -0.159. The first-order chi connectivity index (χ1) is 16.1. The summed E-state index contributed by atoms with van der Waals surface area (Å²) in [6.45, 7) is 4.50. The molecule has 0 unspecified atom stereocenters. The number of carbonyl (C=O) groups is 1. The van der Waals surface area contributed by atoms with Gasteiger partial charge in [0, 0.05) is 12.5 Å². The predicted octanol–water partition coefficient (Wildman–Crippen LogP) is 5.33. The molecule has 1 saturated carbocycles. The number of rotatable bonds is 10. The normalized spacial score (nSPS) is 14.2. The van der Waals surface area contributed by atoms with E-state index in [2.05, 4.69) is 32.3 Å². The summed E-state index contributed by atoms with van der Waals surface area (Å²) in [5.41, 5.74) is 0. The number of aromatic nitrogens is 5. The summed E-state index contributed by atoms with van der Waals surface area (Å²) in [6, 6.07) is 7.25. The fourth-order valence-electron chi connectivity index (χ4n) is 3.63. The minimum Gasteiger partial charge on any atom is -0.484 e. The lowest BCUT2D eigenvalue weighted by Gasteiger charge is -2.18. The maximum atomic E-state index is 12.5. The van der Waals surface area contributed by atoms with Crippen LogP contribution in [-0.4, -0.2) is 36.6 Å². The van der Waals surface area contributed by atoms with Crippen LogP contribution in [0.15, 0.2) is 42.1 Å². The molecular formula is C22H25ClN6O2S2. The Kier molecular flexibility index (Phi) is 8.35. The van der Waals surface area contributed by atoms with Crippen LogP contribution in [0.2, 0.25) is 5.02 Å². The SMILES string of the molecule is C=CCn1c(COc2ccccc2Cl)nnc1SCC(=O)Nc1nnc(C2CCCCC2)s1. The standard InChI is InChI=1S/C22H25ClN6O2S2/c1-2-12-29-18(13-31-17-11-7-6-10-16(17)23)25-28-22(29)32-14-19(30)24-21-27-26-20(33-21)15-8-4-3-5-9-15/h2,6-7,10-11,15H,1,3-5,8-9,12-14H2,(H,24,27,30). The maximum Gasteiger partial charge on any atom is 0.236 e. The van der Waals surface area contributed by atoms with E-state index in [0.717, 1.165) is 17.8 Å². The van der Waals surface area contributed by atoms with Gasteiger partial charge in [-0.1, -0.05) is 72.2 Å². The summed E-state index contributed by atoms with van der Waals surface area (Å²) in [7, 11) is 0. The van der Waals surface area contributed by atoms with E-state index >= 15 is 0 Å². The van der Waals surface area contributed by atoms with Crippen LogP contribution in [0.5, 0.6) is 5.75 Å². The molecule has 0 radical (unpaired) electrons. The van der Waals surface area contributed by atoms with Gasteiger partial charge in [-0.05, 0) is 25.0 Å². The van der Waals surface area contributed by atoms with Crippen LogP contribution in [0.25, 0.3) is 0 Å². The molecule has 3 aromatic rings. The highest BCUT2D eigenvalue weighted by Crippen LogP contribution is 2.35. The average molecular weight is 505 g/mol. The summed E-state index contributed by atoms with van der Waals surface area (Å²) in [5, 5.41) is 22.4. The largest absolute Gasteiger partial charge is 0.484 e. The van der Waals surface area contributed by atoms with E-state index in [1.807, 2.05) is 16.7 Å². The molecule has 0 bridgehead atoms. The zero-order valence-electron chi connectivity index (χ0n) is 18.1. The summed E-state index contributed by atoms with van der Waals surface area (Å²) in [5.74, 6) is 1.69. The van der Waals surface area contributed by atoms with E-state index in [4.69, 9.17) is 16.3 Å². The van der Waals surface area contributed by atoms with Gasteiger partial charge >= 0.3 is 0 Å². The molecule has 1 aromatic carbocycles. The summed E-state index contributed by atoms with van der Waals surface area (Å²) < 4.78 is 7.66. The van der Waals surface area contributed by atoms with Gasteiger partial charge in [0.1, 0.15) is 17.4 Å². The van der Waals surface area contributed by atoms with Crippen LogP contribution >= 0.6 is 34.7 Å². The number of benzene rings is 1. The molecule has 0 aliphatic heterocycles. The number of ether oxygens (including phenoxy) is 1. The Morgan fingerprint density at radius 2 is 2.06 bits per heavy atom. The zero-order chi connectivity index (χ0) is 23.0. The van der Waals surface area contributed by atoms with E-state index in [0.29, 0.717) is 39.3 Å². The molecule has 8 nitrogen and oxygen atoms in total. The Morgan fingerprint density at radius 1 is 1.24 bits per heavy atom. The van der Waals surface area contributed by atoms with Crippen LogP contribution < -0.4 is 10.1 Å². The van der Waals surface area contributed by atoms with Crippen molar-refractivity contribution in [1.82, 2.24) is 25.0 Å². The fraction of sp³-hybridized carbons (Fsp3) is 0.409. The number of halogens is 1. The second-order valence-electron chi connectivity index (χ2n) is 7.63. The number of hydrogen-bond acceptors (Lipinski definition) is 8. The molecule has 2 aromatic heterocycles. The van der Waals surface area contributed by atoms with Crippen LogP contribution in [0.4, 0.5) is 5.13 Å². The third-order valence-electron chi connectivity index (χ3n) is 5.27. The number of amides is 1. The van der Waals surface area contributed by atoms with Crippen molar-refractivity contribution in [3.05, 3.63) is 52.8 Å². The first kappa shape index (κ1) is 23.7. The van der Waals surface area contributed by atoms with Gasteiger partial charge in [0.25, 0.3) is 0 Å². The van der Waals surface area contributed by atoms with Crippen molar-refractivity contribution in [3.8, 4) is 5.75 Å². The van der Waals surface area contributed by atoms with E-state index in [1.165, 1.54) is 42.4 Å². The zero-order valence-corrected chi connectivity index (χ0v) is 20.5. The lowest BCUT2D eigenvalue weighted by Crippen LogP contribution is -2.15. The highest BCUT2D eigenvalue weighted by molar-refractivity contribution is 7.99. The lowest BCUT2D eigenvalue weighted by atomic mass is 9.90. The monoisotopic (exact) mass is 504 g/mol. The molecule has 0 saturated heterocycles. The van der Waals surface area contributed by atoms with Gasteiger partial charge in [0.2, 0.25) is 11.0 Å². The first-order valence-corrected chi connectivity index (χ1v) is 13.0. The number of thioether (sulfide) groups is 1. The number of hydrogen-bond donors (Lipinski definition) is 1. The first-order valence-electron chi connectivity index (χ1n) is 10.8. The molecular weight excluding hydrogens is 480 g/mol. The topological polar surface area (TPSA) is 94.8 Å². The van der Waals surface area contributed by atoms with Crippen LogP contribution in [-0.2, 0) is 17.9 Å². The van der Waals surface area contributed by atoms with E-state index < -0.39 is 0 Å². The van der Waals surface area contributed by atoms with Crippen molar-refractivity contribution in [1.29, 1.82) is 0 Å². The quantitative estimate of drug-likeness (QED) is 0.294. The van der Waals surface area contributed by atoms with Gasteiger partial charge in [0.15, 0.2) is 11.0 Å². The van der Waals surface area contributed by atoms with Gasteiger partial charge in [0.05, 0.1) is 10.8 Å². The Morgan fingerprint density at radius 3 is 2.85 bits per heavy atom. The van der Waals surface area contributed by atoms with Crippen molar-refractivity contribution >= 4 is 45.7 Å². The summed E-state index contributed by atoms with van der Waals surface area (Å²) >= 11 is 8.92. The smallest absolute Gasteiger partial charge is 0.236 e. The molecule has 1 fully saturated rings. The van der Waals surface area contributed by atoms with Gasteiger partial charge in [-0.2, -0.15) is 0 Å². The van der Waals surface area contributed by atoms with E-state index in [-0.39, 0.29) is 18.3 Å². The second-order valence-corrected chi connectivity index (χ2v) is 9.99. The number of para-hydroxylation sites is 1. The Bertz CT molecular complexity index is 1100. The predicted molar refractivity (Wildman–Crippen MR) is 131 cm³/mol. The fourth-order valence-corrected chi connectivity index (χ4v) is 5.52. The highest BCUT2D eigenvalue weighted by atomic mass is 35.5. The molecule has 174 valence electrons. The molecule has 1 aliphatic rings. The second kappa shape index (κ2) is 11.6. The molecule has 4 rings (SSSR count). The Balaban J connectivity index is 1.33. The van der Waals surface area contributed by atoms with Crippen molar-refractivity contribution in [2.75, 3.05) is 11.1 Å². The Hall–Kier alpha value is -2.43. The van der Waals surface area contributed by atoms with Gasteiger partial charge < -0.3 is 4.74 Å². The average Bonchev–Trinajstić information content (AvgIpc) is 3.45. The summed E-state index contributed by atoms with van der Waals surface area (Å²) in [4.78, 5) is 12.5. The molecule has 0 spiro atoms. The van der Waals surface area contributed by atoms with Crippen LogP contribution in [0.1, 0.15) is 48.9 Å². The number of nitrogens with one attached hydrogen (secondary N) is 1. The third-order valence-corrected chi connectivity index (χ3v) is 7.55. The van der Waals surface area contributed by atoms with Gasteiger partial charge in [-0.15, -0.1) is 27.0 Å². The highest BCUT2D eigenvalue weighted by Gasteiger charge is 2.20. The van der Waals surface area contributed by atoms with Crippen molar-refractivity contribution in [3.63, 3.8) is 0 Å². The van der Waals surface area contributed by atoms with E-state index in [1.54, 1.807) is 18.2 Å². The number of allylic oxidation sites excluding steroid dienone is 1. The third kappa shape index (κ3) is 6.33. The molecule has 33 heavy (non-hydrogen) atoms. The lowest BCUT2D eigenvalue weighted by molar-refractivity contribution is -0.113. The van der Waals surface area contributed by atoms with Gasteiger partial charge in [-0.25, -0.2) is 0 Å². The molecule has 11 heteroatoms. The van der Waals surface area contributed by atoms with Crippen molar-refractivity contribution in [2.45, 2.75) is 56.3 Å². The van der Waals surface area contributed by atoms with Gasteiger partial charge in [-0.3, -0.25) is 14.7 Å². The molecule has 0 atom stereocenters. The molecule has 1 N–H and O–H groups in total. The molecule has 1 amide bonds. The summed E-state index contributed by atoms with van der Waals surface area (Å²) in [6.07, 6.45) is 7.82. The molecule has 2 heterocycles. The minimum absolute atomic E-state index is 0.159. The van der Waals surface area contributed by atoms with Crippen LogP contribution in [0.3, 0.4) is 0 Å². The number of nitrogens with zero attached hydrogens (tertiary/aromatic N) is 5. The number of carbonyl (C=O) groups excluding carboxylic acids is 1. The maximum absolute atomic E-state index is 12.5. The molecule has 1 aliphatic carbocycles.